The normalized spacial score (nSPS) is 10.7. The molecule has 0 fully saturated rings. The Morgan fingerprint density at radius 2 is 1.80 bits per heavy atom. The molecular formula is C25H26ClNO2S. The van der Waals surface area contributed by atoms with Crippen molar-refractivity contribution in [2.75, 3.05) is 17.7 Å². The van der Waals surface area contributed by atoms with E-state index in [2.05, 4.69) is 24.4 Å². The summed E-state index contributed by atoms with van der Waals surface area (Å²) < 4.78 is 5.76. The number of hydrogen-bond acceptors (Lipinski definition) is 3. The van der Waals surface area contributed by atoms with Gasteiger partial charge in [0.25, 0.3) is 0 Å². The topological polar surface area (TPSA) is 38.3 Å². The predicted molar refractivity (Wildman–Crippen MR) is 128 cm³/mol. The first kappa shape index (κ1) is 22.3. The van der Waals surface area contributed by atoms with E-state index in [4.69, 9.17) is 16.3 Å². The lowest BCUT2D eigenvalue weighted by atomic mass is 9.98. The van der Waals surface area contributed by atoms with E-state index in [-0.39, 0.29) is 5.91 Å². The molecule has 1 N–H and O–H groups in total. The number of nitrogens with one attached hydrogen (secondary N) is 1. The minimum absolute atomic E-state index is 0.0659. The van der Waals surface area contributed by atoms with Gasteiger partial charge in [0.2, 0.25) is 5.91 Å². The molecule has 0 saturated heterocycles. The number of anilines is 1. The monoisotopic (exact) mass is 439 g/mol. The number of aryl methyl sites for hydroxylation is 1. The Labute approximate surface area is 187 Å². The van der Waals surface area contributed by atoms with E-state index in [9.17, 15) is 4.79 Å². The summed E-state index contributed by atoms with van der Waals surface area (Å²) in [5.74, 6) is 1.76. The Morgan fingerprint density at radius 3 is 2.47 bits per heavy atom. The highest BCUT2D eigenvalue weighted by atomic mass is 35.5. The molecule has 3 rings (SSSR count). The van der Waals surface area contributed by atoms with E-state index in [1.54, 1.807) is 17.8 Å². The molecule has 30 heavy (non-hydrogen) atoms. The van der Waals surface area contributed by atoms with Gasteiger partial charge in [-0.2, -0.15) is 0 Å². The maximum absolute atomic E-state index is 12.5. The molecule has 0 bridgehead atoms. The molecule has 3 aromatic rings. The van der Waals surface area contributed by atoms with Crippen LogP contribution in [0.3, 0.4) is 0 Å². The minimum atomic E-state index is -0.0659. The first-order chi connectivity index (χ1) is 14.5. The Morgan fingerprint density at radius 1 is 1.07 bits per heavy atom. The number of amides is 1. The second kappa shape index (κ2) is 10.6. The van der Waals surface area contributed by atoms with Gasteiger partial charge < -0.3 is 10.1 Å². The van der Waals surface area contributed by atoms with Crippen LogP contribution in [-0.4, -0.2) is 18.3 Å². The van der Waals surface area contributed by atoms with Crippen molar-refractivity contribution in [2.45, 2.75) is 32.1 Å². The van der Waals surface area contributed by atoms with E-state index >= 15 is 0 Å². The quantitative estimate of drug-likeness (QED) is 0.383. The molecule has 0 saturated carbocycles. The lowest BCUT2D eigenvalue weighted by Crippen LogP contribution is -2.14. The standard InChI is InChI=1S/C25H26ClNO2S/c1-4-29-23-9-7-6-8-21(23)25-17(3)14-19(16-22(25)26)27-24(28)15-18-10-12-20(13-11-18)30-5-2/h6-14,16H,4-5,15H2,1-3H3,(H,27,28). The van der Waals surface area contributed by atoms with Gasteiger partial charge in [-0.15, -0.1) is 11.8 Å². The van der Waals surface area contributed by atoms with E-state index < -0.39 is 0 Å². The molecule has 3 aromatic carbocycles. The average molecular weight is 440 g/mol. The lowest BCUT2D eigenvalue weighted by Gasteiger charge is -2.16. The van der Waals surface area contributed by atoms with E-state index in [1.165, 1.54) is 4.90 Å². The number of carbonyl (C=O) groups is 1. The summed E-state index contributed by atoms with van der Waals surface area (Å²) in [6.45, 7) is 6.66. The zero-order valence-corrected chi connectivity index (χ0v) is 19.1. The second-order valence-electron chi connectivity index (χ2n) is 6.88. The Kier molecular flexibility index (Phi) is 7.83. The smallest absolute Gasteiger partial charge is 0.228 e. The molecule has 0 heterocycles. The maximum atomic E-state index is 12.5. The van der Waals surface area contributed by atoms with Gasteiger partial charge in [0, 0.05) is 21.7 Å². The highest BCUT2D eigenvalue weighted by Gasteiger charge is 2.14. The van der Waals surface area contributed by atoms with E-state index in [0.29, 0.717) is 23.7 Å². The first-order valence-electron chi connectivity index (χ1n) is 10.1. The van der Waals surface area contributed by atoms with Gasteiger partial charge in [0.1, 0.15) is 5.75 Å². The van der Waals surface area contributed by atoms with Crippen molar-refractivity contribution in [3.63, 3.8) is 0 Å². The van der Waals surface area contributed by atoms with Crippen LogP contribution in [0.4, 0.5) is 5.69 Å². The molecule has 0 atom stereocenters. The molecule has 5 heteroatoms. The van der Waals surface area contributed by atoms with Gasteiger partial charge in [-0.25, -0.2) is 0 Å². The Hall–Kier alpha value is -2.43. The summed E-state index contributed by atoms with van der Waals surface area (Å²) in [4.78, 5) is 13.7. The fourth-order valence-electron chi connectivity index (χ4n) is 3.37. The summed E-state index contributed by atoms with van der Waals surface area (Å²) >= 11 is 8.41. The Balaban J connectivity index is 1.76. The number of para-hydroxylation sites is 1. The SMILES string of the molecule is CCOc1ccccc1-c1c(C)cc(NC(=O)Cc2ccc(SCC)cc2)cc1Cl. The molecule has 0 radical (unpaired) electrons. The molecule has 0 spiro atoms. The third kappa shape index (κ3) is 5.59. The van der Waals surface area contributed by atoms with Crippen LogP contribution in [0.1, 0.15) is 25.0 Å². The highest BCUT2D eigenvalue weighted by Crippen LogP contribution is 2.39. The number of thioether (sulfide) groups is 1. The van der Waals surface area contributed by atoms with Crippen LogP contribution in [0.5, 0.6) is 5.75 Å². The lowest BCUT2D eigenvalue weighted by molar-refractivity contribution is -0.115. The Bertz CT molecular complexity index is 995. The first-order valence-corrected chi connectivity index (χ1v) is 11.4. The van der Waals surface area contributed by atoms with Crippen LogP contribution in [0, 0.1) is 6.92 Å². The summed E-state index contributed by atoms with van der Waals surface area (Å²) in [5, 5.41) is 3.55. The van der Waals surface area contributed by atoms with Gasteiger partial charge in [0.05, 0.1) is 18.1 Å². The third-order valence-corrected chi connectivity index (χ3v) is 5.82. The van der Waals surface area contributed by atoms with Crippen molar-refractivity contribution in [3.05, 3.63) is 76.8 Å². The number of hydrogen-bond donors (Lipinski definition) is 1. The average Bonchev–Trinajstić information content (AvgIpc) is 2.70. The molecular weight excluding hydrogens is 414 g/mol. The zero-order chi connectivity index (χ0) is 21.5. The van der Waals surface area contributed by atoms with Gasteiger partial charge in [-0.1, -0.05) is 48.9 Å². The van der Waals surface area contributed by atoms with Crippen LogP contribution in [0.25, 0.3) is 11.1 Å². The highest BCUT2D eigenvalue weighted by molar-refractivity contribution is 7.99. The predicted octanol–water partition coefficient (Wildman–Crippen LogP) is 7.01. The molecule has 0 aliphatic heterocycles. The molecule has 3 nitrogen and oxygen atoms in total. The number of halogens is 1. The van der Waals surface area contributed by atoms with Gasteiger partial charge in [-0.05, 0) is 61.1 Å². The van der Waals surface area contributed by atoms with Crippen molar-refractivity contribution >= 4 is 35.0 Å². The summed E-state index contributed by atoms with van der Waals surface area (Å²) in [5.41, 5.74) is 4.52. The van der Waals surface area contributed by atoms with Crippen LogP contribution < -0.4 is 10.1 Å². The van der Waals surface area contributed by atoms with E-state index in [0.717, 1.165) is 33.8 Å². The van der Waals surface area contributed by atoms with Gasteiger partial charge in [-0.3, -0.25) is 4.79 Å². The number of ether oxygens (including phenoxy) is 1. The molecule has 0 aromatic heterocycles. The van der Waals surface area contributed by atoms with Crippen molar-refractivity contribution in [1.29, 1.82) is 0 Å². The largest absolute Gasteiger partial charge is 0.493 e. The van der Waals surface area contributed by atoms with Crippen molar-refractivity contribution in [2.24, 2.45) is 0 Å². The van der Waals surface area contributed by atoms with Crippen molar-refractivity contribution < 1.29 is 9.53 Å². The van der Waals surface area contributed by atoms with Gasteiger partial charge in [0.15, 0.2) is 0 Å². The molecule has 156 valence electrons. The van der Waals surface area contributed by atoms with Crippen LogP contribution >= 0.6 is 23.4 Å². The zero-order valence-electron chi connectivity index (χ0n) is 17.5. The van der Waals surface area contributed by atoms with Crippen molar-refractivity contribution in [3.8, 4) is 16.9 Å². The molecule has 1 amide bonds. The molecule has 0 aliphatic carbocycles. The fraction of sp³-hybridized carbons (Fsp3) is 0.240. The van der Waals surface area contributed by atoms with E-state index in [1.807, 2.05) is 56.3 Å². The summed E-state index contributed by atoms with van der Waals surface area (Å²) in [6, 6.07) is 19.7. The van der Waals surface area contributed by atoms with Gasteiger partial charge >= 0.3 is 0 Å². The third-order valence-electron chi connectivity index (χ3n) is 4.63. The summed E-state index contributed by atoms with van der Waals surface area (Å²) in [7, 11) is 0. The minimum Gasteiger partial charge on any atom is -0.493 e. The fourth-order valence-corrected chi connectivity index (χ4v) is 4.40. The second-order valence-corrected chi connectivity index (χ2v) is 8.63. The molecule has 0 unspecified atom stereocenters. The van der Waals surface area contributed by atoms with Crippen LogP contribution in [-0.2, 0) is 11.2 Å². The number of benzene rings is 3. The van der Waals surface area contributed by atoms with Crippen LogP contribution in [0.15, 0.2) is 65.6 Å². The molecule has 0 aliphatic rings. The number of carbonyl (C=O) groups excluding carboxylic acids is 1. The van der Waals surface area contributed by atoms with Crippen molar-refractivity contribution in [1.82, 2.24) is 0 Å². The van der Waals surface area contributed by atoms with Crippen LogP contribution in [0.2, 0.25) is 5.02 Å². The maximum Gasteiger partial charge on any atom is 0.228 e. The summed E-state index contributed by atoms with van der Waals surface area (Å²) in [6.07, 6.45) is 0.322. The number of rotatable bonds is 8.